The van der Waals surface area contributed by atoms with E-state index in [1.165, 1.54) is 17.7 Å². The lowest BCUT2D eigenvalue weighted by molar-refractivity contribution is -0.134. The first-order chi connectivity index (χ1) is 15.9. The number of nitrogens with zero attached hydrogens (tertiary/aromatic N) is 1. The lowest BCUT2D eigenvalue weighted by Crippen LogP contribution is -2.41. The number of sulfonamides is 1. The molecule has 4 rings (SSSR count). The van der Waals surface area contributed by atoms with E-state index in [9.17, 15) is 13.2 Å². The molecule has 0 unspecified atom stereocenters. The van der Waals surface area contributed by atoms with Gasteiger partial charge in [0.15, 0.2) is 0 Å². The third kappa shape index (κ3) is 6.35. The quantitative estimate of drug-likeness (QED) is 0.610. The Morgan fingerprint density at radius 1 is 0.970 bits per heavy atom. The molecule has 0 atom stereocenters. The second-order valence-corrected chi connectivity index (χ2v) is 11.4. The molecule has 1 saturated carbocycles. The third-order valence-electron chi connectivity index (χ3n) is 6.75. The SMILES string of the molecule is O=C(Cc1ccc(CC2(CNS(=O)(=O)c3ccc(Cl)cc3)CCCC2)cc1)N1CCOCC1. The van der Waals surface area contributed by atoms with E-state index < -0.39 is 10.0 Å². The van der Waals surface area contributed by atoms with Crippen molar-refractivity contribution in [3.05, 3.63) is 64.7 Å². The highest BCUT2D eigenvalue weighted by atomic mass is 35.5. The van der Waals surface area contributed by atoms with E-state index in [1.54, 1.807) is 12.1 Å². The van der Waals surface area contributed by atoms with Crippen LogP contribution in [-0.4, -0.2) is 52.1 Å². The van der Waals surface area contributed by atoms with Crippen LogP contribution in [0.4, 0.5) is 0 Å². The van der Waals surface area contributed by atoms with Gasteiger partial charge in [-0.15, -0.1) is 0 Å². The number of carbonyl (C=O) groups excluding carboxylic acids is 1. The van der Waals surface area contributed by atoms with E-state index in [4.69, 9.17) is 16.3 Å². The molecule has 1 aliphatic carbocycles. The second kappa shape index (κ2) is 10.6. The van der Waals surface area contributed by atoms with Crippen molar-refractivity contribution in [2.24, 2.45) is 5.41 Å². The summed E-state index contributed by atoms with van der Waals surface area (Å²) in [5.41, 5.74) is 2.08. The number of ether oxygens (including phenoxy) is 1. The highest BCUT2D eigenvalue weighted by Gasteiger charge is 2.35. The molecule has 0 aromatic heterocycles. The van der Waals surface area contributed by atoms with Gasteiger partial charge in [-0.25, -0.2) is 13.1 Å². The minimum Gasteiger partial charge on any atom is -0.378 e. The van der Waals surface area contributed by atoms with Crippen molar-refractivity contribution in [1.82, 2.24) is 9.62 Å². The standard InChI is InChI=1S/C25H31ClN2O4S/c26-22-7-9-23(10-8-22)33(30,31)27-19-25(11-1-2-12-25)18-21-5-3-20(4-6-21)17-24(29)28-13-15-32-16-14-28/h3-10,27H,1-2,11-19H2. The molecule has 178 valence electrons. The summed E-state index contributed by atoms with van der Waals surface area (Å²) in [7, 11) is -3.59. The van der Waals surface area contributed by atoms with Crippen molar-refractivity contribution >= 4 is 27.5 Å². The Bertz CT molecular complexity index is 1040. The molecule has 33 heavy (non-hydrogen) atoms. The van der Waals surface area contributed by atoms with Crippen LogP contribution in [0, 0.1) is 5.41 Å². The average Bonchev–Trinajstić information content (AvgIpc) is 3.29. The first-order valence-electron chi connectivity index (χ1n) is 11.5. The number of rotatable bonds is 8. The summed E-state index contributed by atoms with van der Waals surface area (Å²) < 4.78 is 33.7. The molecule has 1 heterocycles. The molecule has 2 aromatic carbocycles. The fourth-order valence-corrected chi connectivity index (χ4v) is 6.08. The molecule has 6 nitrogen and oxygen atoms in total. The minimum atomic E-state index is -3.59. The molecule has 2 aromatic rings. The van der Waals surface area contributed by atoms with Gasteiger partial charge in [0.1, 0.15) is 0 Å². The van der Waals surface area contributed by atoms with Crippen LogP contribution in [0.25, 0.3) is 0 Å². The Morgan fingerprint density at radius 3 is 2.21 bits per heavy atom. The van der Waals surface area contributed by atoms with Gasteiger partial charge in [0.2, 0.25) is 15.9 Å². The van der Waals surface area contributed by atoms with Gasteiger partial charge in [0, 0.05) is 24.7 Å². The lowest BCUT2D eigenvalue weighted by Gasteiger charge is -2.29. The third-order valence-corrected chi connectivity index (χ3v) is 8.42. The van der Waals surface area contributed by atoms with Crippen molar-refractivity contribution in [2.45, 2.75) is 43.4 Å². The molecule has 1 aliphatic heterocycles. The summed E-state index contributed by atoms with van der Waals surface area (Å²) in [6.07, 6.45) is 5.41. The highest BCUT2D eigenvalue weighted by molar-refractivity contribution is 7.89. The molecule has 1 saturated heterocycles. The maximum Gasteiger partial charge on any atom is 0.240 e. The predicted octanol–water partition coefficient (Wildman–Crippen LogP) is 3.82. The first kappa shape index (κ1) is 24.2. The topological polar surface area (TPSA) is 75.7 Å². The lowest BCUT2D eigenvalue weighted by atomic mass is 9.80. The smallest absolute Gasteiger partial charge is 0.240 e. The Morgan fingerprint density at radius 2 is 1.58 bits per heavy atom. The number of amides is 1. The van der Waals surface area contributed by atoms with Crippen molar-refractivity contribution in [3.63, 3.8) is 0 Å². The van der Waals surface area contributed by atoms with Gasteiger partial charge < -0.3 is 9.64 Å². The van der Waals surface area contributed by atoms with Crippen LogP contribution >= 0.6 is 11.6 Å². The summed E-state index contributed by atoms with van der Waals surface area (Å²) in [6, 6.07) is 14.4. The molecule has 1 amide bonds. The van der Waals surface area contributed by atoms with Crippen molar-refractivity contribution in [3.8, 4) is 0 Å². The van der Waals surface area contributed by atoms with Crippen LogP contribution in [0.3, 0.4) is 0 Å². The molecule has 8 heteroatoms. The zero-order chi connectivity index (χ0) is 23.3. The van der Waals surface area contributed by atoms with Gasteiger partial charge in [-0.2, -0.15) is 0 Å². The van der Waals surface area contributed by atoms with Crippen molar-refractivity contribution < 1.29 is 17.9 Å². The van der Waals surface area contributed by atoms with Crippen molar-refractivity contribution in [1.29, 1.82) is 0 Å². The van der Waals surface area contributed by atoms with E-state index in [2.05, 4.69) is 16.9 Å². The Kier molecular flexibility index (Phi) is 7.74. The molecule has 0 bridgehead atoms. The van der Waals surface area contributed by atoms with E-state index in [-0.39, 0.29) is 16.2 Å². The maximum atomic E-state index is 12.8. The van der Waals surface area contributed by atoms with Gasteiger partial charge >= 0.3 is 0 Å². The largest absolute Gasteiger partial charge is 0.378 e. The normalized spacial score (nSPS) is 18.4. The maximum absolute atomic E-state index is 12.8. The predicted molar refractivity (Wildman–Crippen MR) is 129 cm³/mol. The fraction of sp³-hybridized carbons (Fsp3) is 0.480. The number of benzene rings is 2. The molecule has 2 fully saturated rings. The molecule has 2 aliphatic rings. The molecular formula is C25H31ClN2O4S. The first-order valence-corrected chi connectivity index (χ1v) is 13.4. The molecular weight excluding hydrogens is 460 g/mol. The summed E-state index contributed by atoms with van der Waals surface area (Å²) in [4.78, 5) is 14.6. The van der Waals surface area contributed by atoms with Crippen LogP contribution in [-0.2, 0) is 32.4 Å². The molecule has 0 radical (unpaired) electrons. The van der Waals surface area contributed by atoms with Gasteiger partial charge in [0.05, 0.1) is 24.5 Å². The Hall–Kier alpha value is -1.93. The summed E-state index contributed by atoms with van der Waals surface area (Å²) >= 11 is 5.89. The molecule has 1 N–H and O–H groups in total. The number of hydrogen-bond acceptors (Lipinski definition) is 4. The van der Waals surface area contributed by atoms with Crippen molar-refractivity contribution in [2.75, 3.05) is 32.8 Å². The van der Waals surface area contributed by atoms with Crippen LogP contribution in [0.5, 0.6) is 0 Å². The zero-order valence-electron chi connectivity index (χ0n) is 18.8. The molecule has 0 spiro atoms. The zero-order valence-corrected chi connectivity index (χ0v) is 20.3. The summed E-state index contributed by atoms with van der Waals surface area (Å²) in [5, 5.41) is 0.510. The summed E-state index contributed by atoms with van der Waals surface area (Å²) in [5.74, 6) is 0.134. The minimum absolute atomic E-state index is 0.0926. The van der Waals surface area contributed by atoms with Crippen LogP contribution in [0.15, 0.2) is 53.4 Å². The number of carbonyl (C=O) groups is 1. The van der Waals surface area contributed by atoms with E-state index >= 15 is 0 Å². The monoisotopic (exact) mass is 490 g/mol. The number of halogens is 1. The van der Waals surface area contributed by atoms with Gasteiger partial charge in [-0.1, -0.05) is 48.7 Å². The van der Waals surface area contributed by atoms with E-state index in [1.807, 2.05) is 17.0 Å². The Balaban J connectivity index is 1.38. The highest BCUT2D eigenvalue weighted by Crippen LogP contribution is 2.40. The van der Waals surface area contributed by atoms with Crippen LogP contribution in [0.1, 0.15) is 36.8 Å². The summed E-state index contributed by atoms with van der Waals surface area (Å²) in [6.45, 7) is 2.94. The Labute approximate surface area is 201 Å². The second-order valence-electron chi connectivity index (χ2n) is 9.15. The fourth-order valence-electron chi connectivity index (χ4n) is 4.79. The van der Waals surface area contributed by atoms with Gasteiger partial charge in [-0.05, 0) is 60.1 Å². The number of morpholine rings is 1. The van der Waals surface area contributed by atoms with Crippen LogP contribution < -0.4 is 4.72 Å². The number of hydrogen-bond donors (Lipinski definition) is 1. The van der Waals surface area contributed by atoms with E-state index in [0.29, 0.717) is 44.3 Å². The number of nitrogens with one attached hydrogen (secondary N) is 1. The average molecular weight is 491 g/mol. The van der Waals surface area contributed by atoms with Gasteiger partial charge in [0.25, 0.3) is 0 Å². The van der Waals surface area contributed by atoms with Gasteiger partial charge in [-0.3, -0.25) is 4.79 Å². The van der Waals surface area contributed by atoms with E-state index in [0.717, 1.165) is 37.7 Å². The van der Waals surface area contributed by atoms with Crippen LogP contribution in [0.2, 0.25) is 5.02 Å².